The van der Waals surface area contributed by atoms with E-state index >= 15 is 0 Å². The van der Waals surface area contributed by atoms with Crippen LogP contribution in [0, 0.1) is 6.92 Å². The summed E-state index contributed by atoms with van der Waals surface area (Å²) in [5.74, 6) is 0.713. The molecule has 3 aromatic heterocycles. The first-order valence-corrected chi connectivity index (χ1v) is 8.99. The predicted molar refractivity (Wildman–Crippen MR) is 101 cm³/mol. The van der Waals surface area contributed by atoms with Gasteiger partial charge in [0.25, 0.3) is 11.8 Å². The van der Waals surface area contributed by atoms with Crippen LogP contribution in [0.25, 0.3) is 17.0 Å². The minimum Gasteiger partial charge on any atom is -0.368 e. The number of imidazole rings is 1. The summed E-state index contributed by atoms with van der Waals surface area (Å²) in [5, 5.41) is 6.99. The van der Waals surface area contributed by atoms with Crippen LogP contribution in [0.2, 0.25) is 0 Å². The lowest BCUT2D eigenvalue weighted by atomic mass is 10.1. The van der Waals surface area contributed by atoms with Crippen LogP contribution in [-0.2, 0) is 4.74 Å². The molecule has 0 spiro atoms. The van der Waals surface area contributed by atoms with Crippen molar-refractivity contribution >= 4 is 17.2 Å². The number of pyridine rings is 1. The van der Waals surface area contributed by atoms with E-state index in [1.807, 2.05) is 49.5 Å². The van der Waals surface area contributed by atoms with Gasteiger partial charge in [-0.25, -0.2) is 4.98 Å². The number of benzene rings is 1. The second-order valence-corrected chi connectivity index (χ2v) is 6.66. The van der Waals surface area contributed by atoms with E-state index in [0.717, 1.165) is 23.2 Å². The lowest BCUT2D eigenvalue weighted by molar-refractivity contribution is -0.0700. The number of nitrogens with zero attached hydrogens (tertiary/aromatic N) is 4. The number of carbonyl (C=O) groups is 1. The third-order valence-electron chi connectivity index (χ3n) is 4.81. The average Bonchev–Trinajstić information content (AvgIpc) is 3.29. The number of anilines is 1. The molecule has 4 aromatic rings. The molecule has 28 heavy (non-hydrogen) atoms. The van der Waals surface area contributed by atoms with Crippen LogP contribution in [-0.4, -0.2) is 32.0 Å². The summed E-state index contributed by atoms with van der Waals surface area (Å²) >= 11 is 0. The molecule has 140 valence electrons. The largest absolute Gasteiger partial charge is 0.368 e. The summed E-state index contributed by atoms with van der Waals surface area (Å²) in [6.45, 7) is 2.64. The van der Waals surface area contributed by atoms with Gasteiger partial charge < -0.3 is 14.6 Å². The molecule has 8 nitrogen and oxygen atoms in total. The lowest BCUT2D eigenvalue weighted by Gasteiger charge is -2.21. The van der Waals surface area contributed by atoms with Crippen molar-refractivity contribution in [2.75, 3.05) is 11.9 Å². The number of nitrogens with one attached hydrogen (secondary N) is 1. The van der Waals surface area contributed by atoms with Crippen molar-refractivity contribution in [2.24, 2.45) is 0 Å². The minimum atomic E-state index is -0.240. The van der Waals surface area contributed by atoms with Crippen LogP contribution in [0.5, 0.6) is 0 Å². The number of hydrogen-bond donors (Lipinski definition) is 1. The Bertz CT molecular complexity index is 1180. The van der Waals surface area contributed by atoms with Gasteiger partial charge in [-0.05, 0) is 30.7 Å². The van der Waals surface area contributed by atoms with Gasteiger partial charge in [0.05, 0.1) is 12.8 Å². The second kappa shape index (κ2) is 6.58. The first-order valence-electron chi connectivity index (χ1n) is 8.99. The van der Waals surface area contributed by atoms with E-state index in [0.29, 0.717) is 29.7 Å². The fraction of sp³-hybridized carbons (Fsp3) is 0.200. The van der Waals surface area contributed by atoms with Gasteiger partial charge in [-0.3, -0.25) is 9.20 Å². The maximum absolute atomic E-state index is 12.8. The SMILES string of the molecule is Cc1ccc(-c2noc(C3CCO3)n2)cc1NC(=O)c1cnc2ccccn12. The Hall–Kier alpha value is -3.52. The van der Waals surface area contributed by atoms with Crippen molar-refractivity contribution < 1.29 is 14.1 Å². The highest BCUT2D eigenvalue weighted by molar-refractivity contribution is 6.04. The molecular weight excluding hydrogens is 358 g/mol. The Morgan fingerprint density at radius 2 is 2.18 bits per heavy atom. The van der Waals surface area contributed by atoms with Gasteiger partial charge in [-0.2, -0.15) is 4.98 Å². The zero-order valence-corrected chi connectivity index (χ0v) is 15.1. The van der Waals surface area contributed by atoms with E-state index in [9.17, 15) is 4.79 Å². The van der Waals surface area contributed by atoms with Gasteiger partial charge in [0.15, 0.2) is 0 Å². The number of aryl methyl sites for hydroxylation is 1. The summed E-state index contributed by atoms with van der Waals surface area (Å²) in [6.07, 6.45) is 4.15. The standard InChI is InChI=1S/C20H17N5O3/c1-12-5-6-13(18-23-20(28-24-18)16-7-9-27-16)10-14(12)22-19(26)15-11-21-17-4-2-3-8-25(15)17/h2-6,8,10-11,16H,7,9H2,1H3,(H,22,26). The van der Waals surface area contributed by atoms with Crippen molar-refractivity contribution in [1.82, 2.24) is 19.5 Å². The van der Waals surface area contributed by atoms with Crippen molar-refractivity contribution in [2.45, 2.75) is 19.4 Å². The number of ether oxygens (including phenoxy) is 1. The summed E-state index contributed by atoms with van der Waals surface area (Å²) in [7, 11) is 0. The zero-order chi connectivity index (χ0) is 19.1. The van der Waals surface area contributed by atoms with Crippen LogP contribution in [0.15, 0.2) is 53.3 Å². The van der Waals surface area contributed by atoms with Crippen molar-refractivity contribution in [1.29, 1.82) is 0 Å². The fourth-order valence-corrected chi connectivity index (χ4v) is 3.10. The fourth-order valence-electron chi connectivity index (χ4n) is 3.10. The number of amides is 1. The molecule has 1 aliphatic rings. The van der Waals surface area contributed by atoms with E-state index in [4.69, 9.17) is 9.26 Å². The molecule has 0 radical (unpaired) electrons. The Morgan fingerprint density at radius 3 is 3.00 bits per heavy atom. The number of fused-ring (bicyclic) bond motifs is 1. The molecule has 1 fully saturated rings. The van der Waals surface area contributed by atoms with E-state index < -0.39 is 0 Å². The van der Waals surface area contributed by atoms with E-state index in [-0.39, 0.29) is 12.0 Å². The van der Waals surface area contributed by atoms with Gasteiger partial charge >= 0.3 is 0 Å². The van der Waals surface area contributed by atoms with Gasteiger partial charge in [-0.1, -0.05) is 23.4 Å². The summed E-state index contributed by atoms with van der Waals surface area (Å²) in [5.41, 5.74) is 3.55. The van der Waals surface area contributed by atoms with Crippen molar-refractivity contribution in [3.63, 3.8) is 0 Å². The van der Waals surface area contributed by atoms with Crippen molar-refractivity contribution in [3.05, 3.63) is 65.9 Å². The van der Waals surface area contributed by atoms with Gasteiger partial charge in [0.1, 0.15) is 17.4 Å². The van der Waals surface area contributed by atoms with E-state index in [1.54, 1.807) is 10.6 Å². The number of aromatic nitrogens is 4. The van der Waals surface area contributed by atoms with Crippen LogP contribution < -0.4 is 5.32 Å². The van der Waals surface area contributed by atoms with Gasteiger partial charge in [0, 0.05) is 23.9 Å². The smallest absolute Gasteiger partial charge is 0.274 e. The third kappa shape index (κ3) is 2.84. The second-order valence-electron chi connectivity index (χ2n) is 6.66. The molecule has 4 heterocycles. The highest BCUT2D eigenvalue weighted by Gasteiger charge is 2.26. The zero-order valence-electron chi connectivity index (χ0n) is 15.1. The van der Waals surface area contributed by atoms with E-state index in [2.05, 4.69) is 20.4 Å². The molecule has 8 heteroatoms. The highest BCUT2D eigenvalue weighted by Crippen LogP contribution is 2.30. The Labute approximate surface area is 160 Å². The topological polar surface area (TPSA) is 94.5 Å². The molecule has 0 bridgehead atoms. The summed E-state index contributed by atoms with van der Waals surface area (Å²) < 4.78 is 12.4. The van der Waals surface area contributed by atoms with Crippen LogP contribution in [0.1, 0.15) is 34.5 Å². The molecule has 1 unspecified atom stereocenters. The van der Waals surface area contributed by atoms with Gasteiger partial charge in [0.2, 0.25) is 5.82 Å². The summed E-state index contributed by atoms with van der Waals surface area (Å²) in [4.78, 5) is 21.5. The molecule has 0 saturated carbocycles. The Morgan fingerprint density at radius 1 is 1.29 bits per heavy atom. The highest BCUT2D eigenvalue weighted by atomic mass is 16.5. The molecule has 0 aliphatic carbocycles. The quantitative estimate of drug-likeness (QED) is 0.587. The minimum absolute atomic E-state index is 0.110. The number of hydrogen-bond acceptors (Lipinski definition) is 6. The average molecular weight is 375 g/mol. The molecular formula is C20H17N5O3. The van der Waals surface area contributed by atoms with Crippen LogP contribution in [0.4, 0.5) is 5.69 Å². The maximum Gasteiger partial charge on any atom is 0.274 e. The first kappa shape index (κ1) is 16.6. The molecule has 1 atom stereocenters. The molecule has 1 aliphatic heterocycles. The Balaban J connectivity index is 1.43. The maximum atomic E-state index is 12.8. The van der Waals surface area contributed by atoms with E-state index in [1.165, 1.54) is 0 Å². The van der Waals surface area contributed by atoms with Gasteiger partial charge in [-0.15, -0.1) is 0 Å². The molecule has 1 N–H and O–H groups in total. The molecule has 1 amide bonds. The molecule has 1 saturated heterocycles. The number of rotatable bonds is 4. The predicted octanol–water partition coefficient (Wildman–Crippen LogP) is 3.41. The summed E-state index contributed by atoms with van der Waals surface area (Å²) in [6, 6.07) is 11.2. The van der Waals surface area contributed by atoms with Crippen molar-refractivity contribution in [3.8, 4) is 11.4 Å². The Kier molecular flexibility index (Phi) is 3.91. The molecule has 1 aromatic carbocycles. The third-order valence-corrected chi connectivity index (χ3v) is 4.81. The number of carbonyl (C=O) groups excluding carboxylic acids is 1. The monoisotopic (exact) mass is 375 g/mol. The molecule has 5 rings (SSSR count). The van der Waals surface area contributed by atoms with Crippen LogP contribution in [0.3, 0.4) is 0 Å². The van der Waals surface area contributed by atoms with Crippen LogP contribution >= 0.6 is 0 Å². The first-order chi connectivity index (χ1) is 13.7. The normalized spacial score (nSPS) is 16.1. The lowest BCUT2D eigenvalue weighted by Crippen LogP contribution is -2.18.